The van der Waals surface area contributed by atoms with Crippen molar-refractivity contribution >= 4 is 11.8 Å². The third-order valence-corrected chi connectivity index (χ3v) is 5.13. The molecule has 0 bridgehead atoms. The Labute approximate surface area is 119 Å². The van der Waals surface area contributed by atoms with Crippen molar-refractivity contribution in [1.82, 2.24) is 25.1 Å². The van der Waals surface area contributed by atoms with Gasteiger partial charge in [0.2, 0.25) is 5.16 Å². The molecule has 0 spiro atoms. The van der Waals surface area contributed by atoms with Crippen LogP contribution in [0, 0.1) is 0 Å². The van der Waals surface area contributed by atoms with Gasteiger partial charge >= 0.3 is 0 Å². The first kappa shape index (κ1) is 13.4. The van der Waals surface area contributed by atoms with Gasteiger partial charge in [-0.05, 0) is 49.2 Å². The van der Waals surface area contributed by atoms with E-state index < -0.39 is 0 Å². The number of nitrogens with zero attached hydrogens (tertiary/aromatic N) is 5. The van der Waals surface area contributed by atoms with Crippen LogP contribution < -0.4 is 0 Å². The third kappa shape index (κ3) is 3.48. The van der Waals surface area contributed by atoms with Crippen LogP contribution >= 0.6 is 11.8 Å². The molecule has 6 heteroatoms. The number of piperidine rings is 1. The molecule has 106 valence electrons. The summed E-state index contributed by atoms with van der Waals surface area (Å²) in [5.41, 5.74) is 0. The molecule has 1 saturated carbocycles. The smallest absolute Gasteiger partial charge is 0.209 e. The van der Waals surface area contributed by atoms with Crippen LogP contribution in [0.25, 0.3) is 0 Å². The van der Waals surface area contributed by atoms with Crippen molar-refractivity contribution in [2.75, 3.05) is 25.4 Å². The minimum absolute atomic E-state index is 0.549. The van der Waals surface area contributed by atoms with Gasteiger partial charge in [0, 0.05) is 12.3 Å². The molecule has 0 aromatic carbocycles. The molecule has 1 aromatic heterocycles. The van der Waals surface area contributed by atoms with E-state index in [-0.39, 0.29) is 0 Å². The van der Waals surface area contributed by atoms with Gasteiger partial charge in [0.25, 0.3) is 0 Å². The molecule has 0 radical (unpaired) electrons. The molecule has 2 heterocycles. The Balaban J connectivity index is 1.48. The van der Waals surface area contributed by atoms with Gasteiger partial charge in [0.1, 0.15) is 0 Å². The Morgan fingerprint density at radius 3 is 2.63 bits per heavy atom. The van der Waals surface area contributed by atoms with Crippen LogP contribution in [0.3, 0.4) is 0 Å². The van der Waals surface area contributed by atoms with Crippen molar-refractivity contribution in [1.29, 1.82) is 0 Å². The molecule has 19 heavy (non-hydrogen) atoms. The molecular formula is C13H23N5S. The van der Waals surface area contributed by atoms with Crippen LogP contribution in [0.1, 0.15) is 51.0 Å². The lowest BCUT2D eigenvalue weighted by Crippen LogP contribution is -2.31. The summed E-state index contributed by atoms with van der Waals surface area (Å²) in [6.07, 6.45) is 9.26. The molecule has 0 atom stereocenters. The first-order valence-electron chi connectivity index (χ1n) is 7.56. The second-order valence-corrected chi connectivity index (χ2v) is 6.66. The summed E-state index contributed by atoms with van der Waals surface area (Å²) < 4.78 is 2.06. The van der Waals surface area contributed by atoms with Crippen molar-refractivity contribution in [2.45, 2.75) is 56.1 Å². The molecule has 1 saturated heterocycles. The van der Waals surface area contributed by atoms with Gasteiger partial charge in [0.15, 0.2) is 0 Å². The van der Waals surface area contributed by atoms with Crippen molar-refractivity contribution < 1.29 is 0 Å². The normalized spacial score (nSPS) is 22.1. The molecule has 1 aliphatic carbocycles. The second kappa shape index (κ2) is 6.70. The summed E-state index contributed by atoms with van der Waals surface area (Å²) in [4.78, 5) is 2.57. The first-order chi connectivity index (χ1) is 9.43. The average Bonchev–Trinajstić information content (AvgIpc) is 3.10. The predicted molar refractivity (Wildman–Crippen MR) is 76.3 cm³/mol. The SMILES string of the molecule is C1CCN(CCSc2nnnn2C2CCCC2)CC1. The van der Waals surface area contributed by atoms with Crippen LogP contribution in [0.15, 0.2) is 5.16 Å². The highest BCUT2D eigenvalue weighted by molar-refractivity contribution is 7.99. The van der Waals surface area contributed by atoms with E-state index in [1.54, 1.807) is 0 Å². The molecular weight excluding hydrogens is 258 g/mol. The Hall–Kier alpha value is -0.620. The van der Waals surface area contributed by atoms with Gasteiger partial charge < -0.3 is 4.90 Å². The van der Waals surface area contributed by atoms with Gasteiger partial charge in [-0.3, -0.25) is 0 Å². The molecule has 5 nitrogen and oxygen atoms in total. The van der Waals surface area contributed by atoms with Crippen molar-refractivity contribution in [3.8, 4) is 0 Å². The fourth-order valence-electron chi connectivity index (χ4n) is 3.11. The quantitative estimate of drug-likeness (QED) is 0.775. The van der Waals surface area contributed by atoms with Crippen molar-refractivity contribution in [3.05, 3.63) is 0 Å². The zero-order valence-electron chi connectivity index (χ0n) is 11.5. The number of rotatable bonds is 5. The zero-order chi connectivity index (χ0) is 12.9. The standard InChI is InChI=1S/C13H23N5S/c1-4-8-17(9-5-1)10-11-19-13-14-15-16-18(13)12-6-2-3-7-12/h12H,1-11H2. The molecule has 2 aliphatic rings. The Morgan fingerprint density at radius 1 is 1.05 bits per heavy atom. The highest BCUT2D eigenvalue weighted by atomic mass is 32.2. The lowest BCUT2D eigenvalue weighted by molar-refractivity contribution is 0.242. The summed E-state index contributed by atoms with van der Waals surface area (Å²) in [7, 11) is 0. The highest BCUT2D eigenvalue weighted by Gasteiger charge is 2.21. The number of thioether (sulfide) groups is 1. The van der Waals surface area contributed by atoms with Gasteiger partial charge in [0.05, 0.1) is 6.04 Å². The van der Waals surface area contributed by atoms with E-state index in [1.165, 1.54) is 64.6 Å². The van der Waals surface area contributed by atoms with E-state index in [0.717, 1.165) is 10.9 Å². The molecule has 0 unspecified atom stereocenters. The highest BCUT2D eigenvalue weighted by Crippen LogP contribution is 2.31. The van der Waals surface area contributed by atoms with Gasteiger partial charge in [-0.25, -0.2) is 4.68 Å². The van der Waals surface area contributed by atoms with Gasteiger partial charge in [-0.2, -0.15) is 0 Å². The Kier molecular flexibility index (Phi) is 4.71. The molecule has 3 rings (SSSR count). The number of hydrogen-bond donors (Lipinski definition) is 0. The van der Waals surface area contributed by atoms with Gasteiger partial charge in [-0.15, -0.1) is 5.10 Å². The summed E-state index contributed by atoms with van der Waals surface area (Å²) >= 11 is 1.82. The van der Waals surface area contributed by atoms with Crippen LogP contribution in [-0.4, -0.2) is 50.5 Å². The summed E-state index contributed by atoms with van der Waals surface area (Å²) in [5, 5.41) is 13.3. The summed E-state index contributed by atoms with van der Waals surface area (Å²) in [5.74, 6) is 1.10. The fraction of sp³-hybridized carbons (Fsp3) is 0.923. The minimum atomic E-state index is 0.549. The maximum atomic E-state index is 4.19. The maximum absolute atomic E-state index is 4.19. The lowest BCUT2D eigenvalue weighted by Gasteiger charge is -2.25. The fourth-order valence-corrected chi connectivity index (χ4v) is 4.05. The third-order valence-electron chi connectivity index (χ3n) is 4.22. The maximum Gasteiger partial charge on any atom is 0.209 e. The van der Waals surface area contributed by atoms with Crippen molar-refractivity contribution in [3.63, 3.8) is 0 Å². The lowest BCUT2D eigenvalue weighted by atomic mass is 10.1. The van der Waals surface area contributed by atoms with E-state index in [2.05, 4.69) is 25.1 Å². The van der Waals surface area contributed by atoms with E-state index in [0.29, 0.717) is 6.04 Å². The Morgan fingerprint density at radius 2 is 1.84 bits per heavy atom. The topological polar surface area (TPSA) is 46.8 Å². The number of tetrazole rings is 1. The molecule has 0 amide bonds. The predicted octanol–water partition coefficient (Wildman–Crippen LogP) is 2.37. The molecule has 2 fully saturated rings. The second-order valence-electron chi connectivity index (χ2n) is 5.60. The van der Waals surface area contributed by atoms with Crippen LogP contribution in [-0.2, 0) is 0 Å². The number of aromatic nitrogens is 4. The summed E-state index contributed by atoms with van der Waals surface area (Å²) in [6.45, 7) is 3.71. The van der Waals surface area contributed by atoms with E-state index in [4.69, 9.17) is 0 Å². The molecule has 1 aliphatic heterocycles. The monoisotopic (exact) mass is 281 g/mol. The Bertz CT molecular complexity index is 382. The van der Waals surface area contributed by atoms with Crippen LogP contribution in [0.2, 0.25) is 0 Å². The molecule has 0 N–H and O–H groups in total. The minimum Gasteiger partial charge on any atom is -0.303 e. The van der Waals surface area contributed by atoms with Crippen molar-refractivity contribution in [2.24, 2.45) is 0 Å². The molecule has 1 aromatic rings. The number of likely N-dealkylation sites (tertiary alicyclic amines) is 1. The van der Waals surface area contributed by atoms with Crippen LogP contribution in [0.5, 0.6) is 0 Å². The van der Waals surface area contributed by atoms with E-state index in [9.17, 15) is 0 Å². The zero-order valence-corrected chi connectivity index (χ0v) is 12.3. The first-order valence-corrected chi connectivity index (χ1v) is 8.55. The van der Waals surface area contributed by atoms with E-state index in [1.807, 2.05) is 11.8 Å². The van der Waals surface area contributed by atoms with Gasteiger partial charge in [-0.1, -0.05) is 31.0 Å². The average molecular weight is 281 g/mol. The summed E-state index contributed by atoms with van der Waals surface area (Å²) in [6, 6.07) is 0.549. The largest absolute Gasteiger partial charge is 0.303 e. The van der Waals surface area contributed by atoms with Crippen LogP contribution in [0.4, 0.5) is 0 Å². The van der Waals surface area contributed by atoms with E-state index >= 15 is 0 Å². The number of hydrogen-bond acceptors (Lipinski definition) is 5.